The second-order valence-corrected chi connectivity index (χ2v) is 9.88. The topological polar surface area (TPSA) is 105 Å². The molecule has 3 heterocycles. The number of thioether (sulfide) groups is 1. The molecule has 1 fully saturated rings. The van der Waals surface area contributed by atoms with Crippen LogP contribution in [0.25, 0.3) is 10.9 Å². The summed E-state index contributed by atoms with van der Waals surface area (Å²) < 4.78 is 32.0. The van der Waals surface area contributed by atoms with E-state index < -0.39 is 10.0 Å². The van der Waals surface area contributed by atoms with Crippen molar-refractivity contribution < 1.29 is 13.2 Å². The van der Waals surface area contributed by atoms with Gasteiger partial charge in [-0.1, -0.05) is 23.9 Å². The Labute approximate surface area is 172 Å². The molecule has 0 amide bonds. The van der Waals surface area contributed by atoms with E-state index >= 15 is 0 Å². The van der Waals surface area contributed by atoms with Gasteiger partial charge in [-0.25, -0.2) is 18.4 Å². The summed E-state index contributed by atoms with van der Waals surface area (Å²) in [5.41, 5.74) is 0.455. The number of nitrogens with zero attached hydrogens (tertiary/aromatic N) is 3. The standard InChI is InChI=1S/C19H20N4O4S2/c1-13(18-21-16-5-3-2-4-15(16)19(24)22-18)28-17-7-6-14(12-20-17)29(25,26)23-8-10-27-11-9-23/h2-7,12-13H,8-11H2,1H3,(H,21,22,24). The van der Waals surface area contributed by atoms with E-state index in [0.29, 0.717) is 48.1 Å². The molecule has 29 heavy (non-hydrogen) atoms. The van der Waals surface area contributed by atoms with Crippen LogP contribution in [-0.2, 0) is 14.8 Å². The Balaban J connectivity index is 1.52. The van der Waals surface area contributed by atoms with Crippen LogP contribution in [0.3, 0.4) is 0 Å². The second-order valence-electron chi connectivity index (χ2n) is 6.58. The maximum absolute atomic E-state index is 12.7. The van der Waals surface area contributed by atoms with Crippen molar-refractivity contribution in [1.29, 1.82) is 0 Å². The molecule has 0 bridgehead atoms. The second kappa shape index (κ2) is 8.23. The first kappa shape index (κ1) is 20.0. The van der Waals surface area contributed by atoms with Crippen molar-refractivity contribution in [2.24, 2.45) is 0 Å². The fourth-order valence-electron chi connectivity index (χ4n) is 3.06. The van der Waals surface area contributed by atoms with Gasteiger partial charge in [0, 0.05) is 19.3 Å². The lowest BCUT2D eigenvalue weighted by molar-refractivity contribution is 0.0730. The lowest BCUT2D eigenvalue weighted by Crippen LogP contribution is -2.40. The molecular formula is C19H20N4O4S2. The number of hydrogen-bond donors (Lipinski definition) is 1. The zero-order valence-electron chi connectivity index (χ0n) is 15.7. The van der Waals surface area contributed by atoms with E-state index in [4.69, 9.17) is 4.74 Å². The summed E-state index contributed by atoms with van der Waals surface area (Å²) in [6.45, 7) is 3.40. The van der Waals surface area contributed by atoms with Crippen molar-refractivity contribution in [2.45, 2.75) is 22.1 Å². The molecular weight excluding hydrogens is 412 g/mol. The normalized spacial score (nSPS) is 16.7. The predicted octanol–water partition coefficient (Wildman–Crippen LogP) is 2.19. The number of rotatable bonds is 5. The van der Waals surface area contributed by atoms with Crippen molar-refractivity contribution in [3.8, 4) is 0 Å². The predicted molar refractivity (Wildman–Crippen MR) is 110 cm³/mol. The van der Waals surface area contributed by atoms with Gasteiger partial charge in [-0.3, -0.25) is 4.79 Å². The van der Waals surface area contributed by atoms with Gasteiger partial charge in [0.15, 0.2) is 0 Å². The van der Waals surface area contributed by atoms with Crippen molar-refractivity contribution >= 4 is 32.7 Å². The minimum Gasteiger partial charge on any atom is -0.379 e. The molecule has 1 saturated heterocycles. The van der Waals surface area contributed by atoms with Gasteiger partial charge in [0.25, 0.3) is 5.56 Å². The highest BCUT2D eigenvalue weighted by Gasteiger charge is 2.26. The SMILES string of the molecule is CC(Sc1ccc(S(=O)(=O)N2CCOCC2)cn1)c1nc2ccccc2c(=O)[nH]1. The number of para-hydroxylation sites is 1. The van der Waals surface area contributed by atoms with Gasteiger partial charge < -0.3 is 9.72 Å². The third-order valence-electron chi connectivity index (χ3n) is 4.63. The largest absolute Gasteiger partial charge is 0.379 e. The number of nitrogens with one attached hydrogen (secondary N) is 1. The van der Waals surface area contributed by atoms with Crippen LogP contribution < -0.4 is 5.56 Å². The van der Waals surface area contributed by atoms with Crippen molar-refractivity contribution in [3.05, 3.63) is 58.8 Å². The summed E-state index contributed by atoms with van der Waals surface area (Å²) in [5, 5.41) is 1.03. The first-order valence-electron chi connectivity index (χ1n) is 9.15. The molecule has 152 valence electrons. The van der Waals surface area contributed by atoms with Gasteiger partial charge >= 0.3 is 0 Å². The minimum absolute atomic E-state index is 0.161. The van der Waals surface area contributed by atoms with Crippen LogP contribution in [0.1, 0.15) is 18.0 Å². The molecule has 1 aliphatic rings. The van der Waals surface area contributed by atoms with Crippen LogP contribution in [0.4, 0.5) is 0 Å². The highest BCUT2D eigenvalue weighted by atomic mass is 32.2. The average Bonchev–Trinajstić information content (AvgIpc) is 2.75. The Morgan fingerprint density at radius 2 is 1.93 bits per heavy atom. The van der Waals surface area contributed by atoms with E-state index in [-0.39, 0.29) is 15.7 Å². The smallest absolute Gasteiger partial charge is 0.258 e. The highest BCUT2D eigenvalue weighted by molar-refractivity contribution is 7.99. The molecule has 0 saturated carbocycles. The Morgan fingerprint density at radius 3 is 2.66 bits per heavy atom. The molecule has 1 aromatic carbocycles. The molecule has 4 rings (SSSR count). The van der Waals surface area contributed by atoms with E-state index in [2.05, 4.69) is 15.0 Å². The van der Waals surface area contributed by atoms with E-state index in [1.165, 1.54) is 22.3 Å². The Morgan fingerprint density at radius 1 is 1.17 bits per heavy atom. The van der Waals surface area contributed by atoms with Crippen LogP contribution in [0.5, 0.6) is 0 Å². The quantitative estimate of drug-likeness (QED) is 0.616. The molecule has 10 heteroatoms. The van der Waals surface area contributed by atoms with Gasteiger partial charge in [-0.2, -0.15) is 4.31 Å². The van der Waals surface area contributed by atoms with Crippen LogP contribution >= 0.6 is 11.8 Å². The number of morpholine rings is 1. The molecule has 1 N–H and O–H groups in total. The zero-order valence-corrected chi connectivity index (χ0v) is 17.4. The fraction of sp³-hybridized carbons (Fsp3) is 0.316. The Bertz CT molecular complexity index is 1170. The maximum Gasteiger partial charge on any atom is 0.258 e. The average molecular weight is 433 g/mol. The number of fused-ring (bicyclic) bond motifs is 1. The molecule has 1 atom stereocenters. The third kappa shape index (κ3) is 4.20. The molecule has 1 unspecified atom stereocenters. The van der Waals surface area contributed by atoms with Crippen molar-refractivity contribution in [3.63, 3.8) is 0 Å². The molecule has 1 aliphatic heterocycles. The first-order chi connectivity index (χ1) is 13.9. The minimum atomic E-state index is -3.57. The van der Waals surface area contributed by atoms with Crippen LogP contribution in [-0.4, -0.2) is 54.0 Å². The third-order valence-corrected chi connectivity index (χ3v) is 7.57. The number of aromatic nitrogens is 3. The number of sulfonamides is 1. The van der Waals surface area contributed by atoms with E-state index in [1.807, 2.05) is 13.0 Å². The van der Waals surface area contributed by atoms with Crippen LogP contribution in [0.15, 0.2) is 57.3 Å². The van der Waals surface area contributed by atoms with Gasteiger partial charge in [0.1, 0.15) is 10.7 Å². The van der Waals surface area contributed by atoms with E-state index in [9.17, 15) is 13.2 Å². The van der Waals surface area contributed by atoms with Crippen molar-refractivity contribution in [2.75, 3.05) is 26.3 Å². The van der Waals surface area contributed by atoms with Crippen LogP contribution in [0.2, 0.25) is 0 Å². The van der Waals surface area contributed by atoms with Crippen LogP contribution in [0, 0.1) is 0 Å². The number of benzene rings is 1. The summed E-state index contributed by atoms with van der Waals surface area (Å²) in [5.74, 6) is 0.547. The maximum atomic E-state index is 12.7. The van der Waals surface area contributed by atoms with E-state index in [0.717, 1.165) is 0 Å². The van der Waals surface area contributed by atoms with E-state index in [1.54, 1.807) is 30.3 Å². The number of H-pyrrole nitrogens is 1. The van der Waals surface area contributed by atoms with Crippen molar-refractivity contribution in [1.82, 2.24) is 19.3 Å². The van der Waals surface area contributed by atoms with Gasteiger partial charge in [-0.15, -0.1) is 0 Å². The Hall–Kier alpha value is -2.27. The fourth-order valence-corrected chi connectivity index (χ4v) is 5.26. The Kier molecular flexibility index (Phi) is 5.68. The lowest BCUT2D eigenvalue weighted by atomic mass is 10.2. The molecule has 8 nitrogen and oxygen atoms in total. The molecule has 3 aromatic rings. The number of ether oxygens (including phenoxy) is 1. The summed E-state index contributed by atoms with van der Waals surface area (Å²) in [6.07, 6.45) is 1.37. The molecule has 0 spiro atoms. The number of hydrogen-bond acceptors (Lipinski definition) is 7. The van der Waals surface area contributed by atoms with Gasteiger partial charge in [0.05, 0.1) is 34.4 Å². The molecule has 0 radical (unpaired) electrons. The monoisotopic (exact) mass is 432 g/mol. The lowest BCUT2D eigenvalue weighted by Gasteiger charge is -2.25. The highest BCUT2D eigenvalue weighted by Crippen LogP contribution is 2.32. The first-order valence-corrected chi connectivity index (χ1v) is 11.5. The summed E-state index contributed by atoms with van der Waals surface area (Å²) in [6, 6.07) is 10.4. The molecule has 0 aliphatic carbocycles. The number of pyridine rings is 1. The summed E-state index contributed by atoms with van der Waals surface area (Å²) in [7, 11) is -3.57. The summed E-state index contributed by atoms with van der Waals surface area (Å²) in [4.78, 5) is 24.1. The molecule has 2 aromatic heterocycles. The summed E-state index contributed by atoms with van der Waals surface area (Å²) >= 11 is 1.40. The zero-order chi connectivity index (χ0) is 20.4. The van der Waals surface area contributed by atoms with Gasteiger partial charge in [-0.05, 0) is 31.2 Å². The number of aromatic amines is 1. The van der Waals surface area contributed by atoms with Gasteiger partial charge in [0.2, 0.25) is 10.0 Å².